The van der Waals surface area contributed by atoms with E-state index in [1.807, 2.05) is 43.6 Å². The Labute approximate surface area is 189 Å². The Morgan fingerprint density at radius 3 is 2.82 bits per heavy atom. The lowest BCUT2D eigenvalue weighted by Gasteiger charge is -2.15. The highest BCUT2D eigenvalue weighted by Gasteiger charge is 2.63. The van der Waals surface area contributed by atoms with E-state index in [4.69, 9.17) is 14.5 Å². The zero-order valence-corrected chi connectivity index (χ0v) is 18.3. The average Bonchev–Trinajstić information content (AvgIpc) is 3.18. The van der Waals surface area contributed by atoms with Gasteiger partial charge in [-0.15, -0.1) is 0 Å². The smallest absolute Gasteiger partial charge is 0.234 e. The molecule has 2 atom stereocenters. The van der Waals surface area contributed by atoms with Crippen LogP contribution in [0, 0.1) is 11.3 Å². The maximum atomic E-state index is 13.0. The zero-order valence-electron chi connectivity index (χ0n) is 18.3. The number of methoxy groups -OCH3 is 1. The molecule has 166 valence electrons. The fraction of sp³-hybridized carbons (Fsp3) is 0.292. The number of ether oxygens (including phenoxy) is 2. The molecule has 4 aromatic rings. The Morgan fingerprint density at radius 1 is 1.24 bits per heavy atom. The van der Waals surface area contributed by atoms with Crippen LogP contribution in [0.3, 0.4) is 0 Å². The first kappa shape index (κ1) is 19.8. The molecule has 0 radical (unpaired) electrons. The van der Waals surface area contributed by atoms with Crippen molar-refractivity contribution in [1.29, 1.82) is 0 Å². The van der Waals surface area contributed by atoms with Gasteiger partial charge in [0.25, 0.3) is 0 Å². The summed E-state index contributed by atoms with van der Waals surface area (Å²) in [6.45, 7) is 1.08. The summed E-state index contributed by atoms with van der Waals surface area (Å²) in [5, 5.41) is 7.63. The molecule has 1 amide bonds. The number of carbonyl (C=O) groups is 1. The van der Waals surface area contributed by atoms with Gasteiger partial charge in [-0.1, -0.05) is 30.3 Å². The van der Waals surface area contributed by atoms with Crippen LogP contribution >= 0.6 is 0 Å². The highest BCUT2D eigenvalue weighted by molar-refractivity contribution is 6.01. The van der Waals surface area contributed by atoms with Crippen molar-refractivity contribution < 1.29 is 14.3 Å². The summed E-state index contributed by atoms with van der Waals surface area (Å²) in [6.07, 6.45) is 4.26. The Morgan fingerprint density at radius 2 is 2.09 bits per heavy atom. The Hall–Kier alpha value is -3.85. The third kappa shape index (κ3) is 3.15. The van der Waals surface area contributed by atoms with E-state index in [1.165, 1.54) is 6.33 Å². The molecule has 2 aliphatic rings. The van der Waals surface area contributed by atoms with Gasteiger partial charge in [-0.25, -0.2) is 15.0 Å². The van der Waals surface area contributed by atoms with E-state index in [0.29, 0.717) is 41.5 Å². The van der Waals surface area contributed by atoms with Crippen molar-refractivity contribution in [3.8, 4) is 28.3 Å². The quantitative estimate of drug-likeness (QED) is 0.506. The van der Waals surface area contributed by atoms with Crippen LogP contribution in [0.2, 0.25) is 0 Å². The first-order chi connectivity index (χ1) is 16.1. The SMILES string of the molecule is COc1cc2ncnc(-c3cn(C)nc3-c3ccccc3)c2nc1NC(=O)[C@@]12COC[C@@H]1C2. The standard InChI is InChI=1S/C24H22N6O3/c1-30-10-16(19(29-30)14-6-4-3-5-7-14)20-21-17(25-13-26-20)8-18(32-2)22(27-21)28-23(31)24-9-15(24)11-33-12-24/h3-8,10,13,15H,9,11-12H2,1-2H3,(H,27,28,31)/t15-,24-/m0/s1. The topological polar surface area (TPSA) is 104 Å². The van der Waals surface area contributed by atoms with Gasteiger partial charge in [-0.05, 0) is 6.42 Å². The van der Waals surface area contributed by atoms with Gasteiger partial charge in [-0.3, -0.25) is 9.48 Å². The number of carbonyl (C=O) groups excluding carboxylic acids is 1. The van der Waals surface area contributed by atoms with Crippen molar-refractivity contribution >= 4 is 22.8 Å². The van der Waals surface area contributed by atoms with Crippen LogP contribution in [0.25, 0.3) is 33.5 Å². The summed E-state index contributed by atoms with van der Waals surface area (Å²) in [5.41, 5.74) is 3.97. The minimum absolute atomic E-state index is 0.0834. The minimum atomic E-state index is -0.443. The number of aromatic nitrogens is 5. The molecule has 6 rings (SSSR count). The van der Waals surface area contributed by atoms with Crippen molar-refractivity contribution in [2.45, 2.75) is 6.42 Å². The van der Waals surface area contributed by atoms with E-state index < -0.39 is 5.41 Å². The molecule has 1 N–H and O–H groups in total. The monoisotopic (exact) mass is 442 g/mol. The number of aryl methyl sites for hydroxylation is 1. The van der Waals surface area contributed by atoms with Gasteiger partial charge in [0.15, 0.2) is 11.6 Å². The van der Waals surface area contributed by atoms with E-state index in [1.54, 1.807) is 17.9 Å². The summed E-state index contributed by atoms with van der Waals surface area (Å²) >= 11 is 0. The number of nitrogens with zero attached hydrogens (tertiary/aromatic N) is 5. The summed E-state index contributed by atoms with van der Waals surface area (Å²) in [5.74, 6) is 0.997. The van der Waals surface area contributed by atoms with Gasteiger partial charge >= 0.3 is 0 Å². The fourth-order valence-electron chi connectivity index (χ4n) is 4.62. The van der Waals surface area contributed by atoms with Crippen molar-refractivity contribution in [1.82, 2.24) is 24.7 Å². The number of hydrogen-bond donors (Lipinski definition) is 1. The van der Waals surface area contributed by atoms with E-state index >= 15 is 0 Å². The number of nitrogens with one attached hydrogen (secondary N) is 1. The molecule has 9 heteroatoms. The highest BCUT2D eigenvalue weighted by atomic mass is 16.5. The second-order valence-electron chi connectivity index (χ2n) is 8.59. The molecule has 9 nitrogen and oxygen atoms in total. The van der Waals surface area contributed by atoms with Crippen LogP contribution in [0.4, 0.5) is 5.82 Å². The van der Waals surface area contributed by atoms with Gasteiger partial charge in [0, 0.05) is 36.4 Å². The van der Waals surface area contributed by atoms with Crippen molar-refractivity contribution in [3.63, 3.8) is 0 Å². The lowest BCUT2D eigenvalue weighted by molar-refractivity contribution is -0.121. The Kier molecular flexibility index (Phi) is 4.41. The molecule has 0 unspecified atom stereocenters. The second kappa shape index (κ2) is 7.35. The first-order valence-corrected chi connectivity index (χ1v) is 10.8. The van der Waals surface area contributed by atoms with Gasteiger partial charge in [0.2, 0.25) is 5.91 Å². The summed E-state index contributed by atoms with van der Waals surface area (Å²) in [4.78, 5) is 26.8. The predicted molar refractivity (Wildman–Crippen MR) is 122 cm³/mol. The maximum absolute atomic E-state index is 13.0. The molecule has 4 heterocycles. The normalized spacial score (nSPS) is 21.1. The number of anilines is 1. The van der Waals surface area contributed by atoms with E-state index in [-0.39, 0.29) is 11.8 Å². The molecule has 1 aliphatic heterocycles. The summed E-state index contributed by atoms with van der Waals surface area (Å²) in [7, 11) is 3.42. The van der Waals surface area contributed by atoms with E-state index in [0.717, 1.165) is 23.2 Å². The third-order valence-electron chi connectivity index (χ3n) is 6.52. The van der Waals surface area contributed by atoms with Gasteiger partial charge in [0.05, 0.1) is 31.3 Å². The molecule has 1 aliphatic carbocycles. The van der Waals surface area contributed by atoms with Gasteiger partial charge < -0.3 is 14.8 Å². The Balaban J connectivity index is 1.47. The number of benzene rings is 1. The lowest BCUT2D eigenvalue weighted by Crippen LogP contribution is -2.27. The van der Waals surface area contributed by atoms with E-state index in [9.17, 15) is 4.79 Å². The van der Waals surface area contributed by atoms with Crippen LogP contribution < -0.4 is 10.1 Å². The first-order valence-electron chi connectivity index (χ1n) is 10.8. The largest absolute Gasteiger partial charge is 0.493 e. The number of rotatable bonds is 5. The van der Waals surface area contributed by atoms with Gasteiger partial charge in [-0.2, -0.15) is 5.10 Å². The van der Waals surface area contributed by atoms with Crippen molar-refractivity contribution in [3.05, 3.63) is 48.9 Å². The van der Waals surface area contributed by atoms with E-state index in [2.05, 4.69) is 20.4 Å². The fourth-order valence-corrected chi connectivity index (χ4v) is 4.62. The van der Waals surface area contributed by atoms with Crippen LogP contribution in [-0.2, 0) is 16.6 Å². The Bertz CT molecular complexity index is 1390. The number of fused-ring (bicyclic) bond motifs is 2. The van der Waals surface area contributed by atoms with Crippen LogP contribution in [-0.4, -0.2) is 51.0 Å². The highest BCUT2D eigenvalue weighted by Crippen LogP contribution is 2.57. The summed E-state index contributed by atoms with van der Waals surface area (Å²) < 4.78 is 12.8. The minimum Gasteiger partial charge on any atom is -0.493 e. The maximum Gasteiger partial charge on any atom is 0.234 e. The zero-order chi connectivity index (χ0) is 22.6. The third-order valence-corrected chi connectivity index (χ3v) is 6.52. The average molecular weight is 442 g/mol. The molecule has 1 aromatic carbocycles. The van der Waals surface area contributed by atoms with Crippen molar-refractivity contribution in [2.75, 3.05) is 25.6 Å². The van der Waals surface area contributed by atoms with Crippen LogP contribution in [0.1, 0.15) is 6.42 Å². The molecule has 3 aromatic heterocycles. The predicted octanol–water partition coefficient (Wildman–Crippen LogP) is 3.08. The number of hydrogen-bond acceptors (Lipinski definition) is 7. The molecular formula is C24H22N6O3. The second-order valence-corrected chi connectivity index (χ2v) is 8.59. The molecule has 0 bridgehead atoms. The lowest BCUT2D eigenvalue weighted by atomic mass is 10.0. The van der Waals surface area contributed by atoms with Crippen LogP contribution in [0.15, 0.2) is 48.9 Å². The molecule has 33 heavy (non-hydrogen) atoms. The molecule has 2 fully saturated rings. The molecule has 0 spiro atoms. The number of pyridine rings is 1. The van der Waals surface area contributed by atoms with Crippen molar-refractivity contribution in [2.24, 2.45) is 18.4 Å². The summed E-state index contributed by atoms with van der Waals surface area (Å²) in [6, 6.07) is 11.7. The molecule has 1 saturated heterocycles. The molecular weight excluding hydrogens is 420 g/mol. The molecule has 1 saturated carbocycles. The van der Waals surface area contributed by atoms with Crippen LogP contribution in [0.5, 0.6) is 5.75 Å². The number of amides is 1. The van der Waals surface area contributed by atoms with Gasteiger partial charge in [0.1, 0.15) is 23.2 Å².